The molecule has 0 bridgehead atoms. The first-order chi connectivity index (χ1) is 14.2. The molecule has 4 rings (SSSR count). The standard InChI is InChI=1S/C22H25N3O4/c26-21(24-8-11-28-12-9-24)18-6-7-20-19(14-18)16-25(10-13-29-20)22(27)23-15-17-4-2-1-3-5-17/h1-7,14H,8-13,15-16H2,(H,23,27). The number of hydrogen-bond donors (Lipinski definition) is 1. The summed E-state index contributed by atoms with van der Waals surface area (Å²) in [5.41, 5.74) is 2.50. The first-order valence-electron chi connectivity index (χ1n) is 9.90. The van der Waals surface area contributed by atoms with Crippen LogP contribution in [-0.2, 0) is 17.8 Å². The Morgan fingerprint density at radius 3 is 2.48 bits per heavy atom. The number of amides is 3. The van der Waals surface area contributed by atoms with Gasteiger partial charge in [0.15, 0.2) is 0 Å². The third-order valence-corrected chi connectivity index (χ3v) is 5.16. The number of hydrogen-bond acceptors (Lipinski definition) is 4. The SMILES string of the molecule is O=C(NCc1ccccc1)N1CCOc2ccc(C(=O)N3CCOCC3)cc2C1. The fraction of sp³-hybridized carbons (Fsp3) is 0.364. The van der Waals surface area contributed by atoms with Crippen molar-refractivity contribution in [3.63, 3.8) is 0 Å². The van der Waals surface area contributed by atoms with Crippen LogP contribution in [0.15, 0.2) is 48.5 Å². The van der Waals surface area contributed by atoms with Crippen molar-refractivity contribution >= 4 is 11.9 Å². The van der Waals surface area contributed by atoms with E-state index in [1.807, 2.05) is 42.5 Å². The van der Waals surface area contributed by atoms with E-state index in [0.29, 0.717) is 58.1 Å². The molecule has 29 heavy (non-hydrogen) atoms. The molecule has 1 fully saturated rings. The maximum Gasteiger partial charge on any atom is 0.318 e. The van der Waals surface area contributed by atoms with Crippen molar-refractivity contribution in [3.8, 4) is 5.75 Å². The highest BCUT2D eigenvalue weighted by molar-refractivity contribution is 5.94. The summed E-state index contributed by atoms with van der Waals surface area (Å²) < 4.78 is 11.1. The van der Waals surface area contributed by atoms with Gasteiger partial charge in [0, 0.05) is 30.8 Å². The Bertz CT molecular complexity index is 866. The van der Waals surface area contributed by atoms with Gasteiger partial charge >= 0.3 is 6.03 Å². The molecule has 0 aliphatic carbocycles. The van der Waals surface area contributed by atoms with Crippen LogP contribution in [0.2, 0.25) is 0 Å². The largest absolute Gasteiger partial charge is 0.491 e. The fourth-order valence-corrected chi connectivity index (χ4v) is 3.54. The van der Waals surface area contributed by atoms with Gasteiger partial charge in [0.25, 0.3) is 5.91 Å². The smallest absolute Gasteiger partial charge is 0.318 e. The highest BCUT2D eigenvalue weighted by atomic mass is 16.5. The van der Waals surface area contributed by atoms with Gasteiger partial charge in [-0.05, 0) is 23.8 Å². The average molecular weight is 395 g/mol. The number of ether oxygens (including phenoxy) is 2. The molecule has 152 valence electrons. The topological polar surface area (TPSA) is 71.1 Å². The minimum atomic E-state index is -0.143. The van der Waals surface area contributed by atoms with E-state index < -0.39 is 0 Å². The van der Waals surface area contributed by atoms with Crippen LogP contribution in [0.5, 0.6) is 5.75 Å². The monoisotopic (exact) mass is 395 g/mol. The van der Waals surface area contributed by atoms with Gasteiger partial charge in [-0.25, -0.2) is 4.79 Å². The van der Waals surface area contributed by atoms with Crippen molar-refractivity contribution in [2.75, 3.05) is 39.5 Å². The molecule has 7 heteroatoms. The lowest BCUT2D eigenvalue weighted by Crippen LogP contribution is -2.41. The number of carbonyl (C=O) groups excluding carboxylic acids is 2. The molecule has 0 aromatic heterocycles. The van der Waals surface area contributed by atoms with E-state index in [2.05, 4.69) is 5.32 Å². The number of nitrogens with one attached hydrogen (secondary N) is 1. The first-order valence-corrected chi connectivity index (χ1v) is 9.90. The Morgan fingerprint density at radius 2 is 1.69 bits per heavy atom. The second kappa shape index (κ2) is 8.96. The van der Waals surface area contributed by atoms with Crippen molar-refractivity contribution in [2.45, 2.75) is 13.1 Å². The molecule has 2 aromatic rings. The molecular weight excluding hydrogens is 370 g/mol. The van der Waals surface area contributed by atoms with Crippen LogP contribution in [0.25, 0.3) is 0 Å². The quantitative estimate of drug-likeness (QED) is 0.866. The third-order valence-electron chi connectivity index (χ3n) is 5.16. The Kier molecular flexibility index (Phi) is 5.95. The summed E-state index contributed by atoms with van der Waals surface area (Å²) in [4.78, 5) is 29.0. The van der Waals surface area contributed by atoms with E-state index in [-0.39, 0.29) is 11.9 Å². The highest BCUT2D eigenvalue weighted by Gasteiger charge is 2.23. The summed E-state index contributed by atoms with van der Waals surface area (Å²) in [6, 6.07) is 15.1. The molecule has 1 saturated heterocycles. The Morgan fingerprint density at radius 1 is 0.931 bits per heavy atom. The number of urea groups is 1. The van der Waals surface area contributed by atoms with Gasteiger partial charge in [-0.2, -0.15) is 0 Å². The lowest BCUT2D eigenvalue weighted by Gasteiger charge is -2.27. The Labute approximate surface area is 170 Å². The number of benzene rings is 2. The van der Waals surface area contributed by atoms with Crippen LogP contribution in [0.3, 0.4) is 0 Å². The van der Waals surface area contributed by atoms with Crippen molar-refractivity contribution < 1.29 is 19.1 Å². The van der Waals surface area contributed by atoms with Crippen LogP contribution >= 0.6 is 0 Å². The summed E-state index contributed by atoms with van der Waals surface area (Å²) in [7, 11) is 0. The van der Waals surface area contributed by atoms with E-state index in [0.717, 1.165) is 16.9 Å². The molecule has 7 nitrogen and oxygen atoms in total. The maximum atomic E-state index is 12.8. The van der Waals surface area contributed by atoms with Crippen molar-refractivity contribution in [1.29, 1.82) is 0 Å². The molecule has 2 aromatic carbocycles. The molecule has 0 atom stereocenters. The lowest BCUT2D eigenvalue weighted by atomic mass is 10.1. The average Bonchev–Trinajstić information content (AvgIpc) is 3.00. The molecule has 0 saturated carbocycles. The summed E-state index contributed by atoms with van der Waals surface area (Å²) in [6.07, 6.45) is 0. The fourth-order valence-electron chi connectivity index (χ4n) is 3.54. The zero-order valence-electron chi connectivity index (χ0n) is 16.3. The third kappa shape index (κ3) is 4.68. The zero-order valence-corrected chi connectivity index (χ0v) is 16.3. The van der Waals surface area contributed by atoms with Gasteiger partial charge in [-0.15, -0.1) is 0 Å². The van der Waals surface area contributed by atoms with Crippen LogP contribution < -0.4 is 10.1 Å². The Hall–Kier alpha value is -3.06. The molecule has 2 heterocycles. The summed E-state index contributed by atoms with van der Waals surface area (Å²) in [5.74, 6) is 0.710. The van der Waals surface area contributed by atoms with E-state index in [4.69, 9.17) is 9.47 Å². The van der Waals surface area contributed by atoms with E-state index in [1.165, 1.54) is 0 Å². The molecule has 2 aliphatic heterocycles. The lowest BCUT2D eigenvalue weighted by molar-refractivity contribution is 0.0303. The van der Waals surface area contributed by atoms with Gasteiger partial charge in [0.2, 0.25) is 0 Å². The minimum Gasteiger partial charge on any atom is -0.491 e. The van der Waals surface area contributed by atoms with Crippen molar-refractivity contribution in [3.05, 3.63) is 65.2 Å². The summed E-state index contributed by atoms with van der Waals surface area (Å²) in [5, 5.41) is 2.96. The van der Waals surface area contributed by atoms with Gasteiger partial charge in [0.1, 0.15) is 12.4 Å². The molecule has 0 spiro atoms. The highest BCUT2D eigenvalue weighted by Crippen LogP contribution is 2.25. The van der Waals surface area contributed by atoms with Crippen LogP contribution in [0, 0.1) is 0 Å². The number of morpholine rings is 1. The molecule has 0 radical (unpaired) electrons. The molecule has 1 N–H and O–H groups in total. The minimum absolute atomic E-state index is 0.0135. The number of nitrogens with zero attached hydrogens (tertiary/aromatic N) is 2. The second-order valence-electron chi connectivity index (χ2n) is 7.14. The number of fused-ring (bicyclic) bond motifs is 1. The molecule has 3 amide bonds. The van der Waals surface area contributed by atoms with E-state index in [1.54, 1.807) is 15.9 Å². The summed E-state index contributed by atoms with van der Waals surface area (Å²) >= 11 is 0. The molecule has 2 aliphatic rings. The Balaban J connectivity index is 1.44. The van der Waals surface area contributed by atoms with E-state index >= 15 is 0 Å². The molecule has 0 unspecified atom stereocenters. The van der Waals surface area contributed by atoms with Gasteiger partial charge < -0.3 is 24.6 Å². The first kappa shape index (κ1) is 19.3. The molecular formula is C22H25N3O4. The number of rotatable bonds is 3. The predicted octanol–water partition coefficient (Wildman–Crippen LogP) is 2.26. The zero-order chi connectivity index (χ0) is 20.1. The van der Waals surface area contributed by atoms with Crippen molar-refractivity contribution in [1.82, 2.24) is 15.1 Å². The number of carbonyl (C=O) groups is 2. The van der Waals surface area contributed by atoms with Crippen LogP contribution in [-0.4, -0.2) is 61.2 Å². The van der Waals surface area contributed by atoms with Gasteiger partial charge in [0.05, 0.1) is 26.3 Å². The predicted molar refractivity (Wildman–Crippen MR) is 108 cm³/mol. The normalized spacial score (nSPS) is 16.4. The maximum absolute atomic E-state index is 12.8. The van der Waals surface area contributed by atoms with Crippen molar-refractivity contribution in [2.24, 2.45) is 0 Å². The second-order valence-corrected chi connectivity index (χ2v) is 7.14. The van der Waals surface area contributed by atoms with Gasteiger partial charge in [-0.1, -0.05) is 30.3 Å². The van der Waals surface area contributed by atoms with E-state index in [9.17, 15) is 9.59 Å². The van der Waals surface area contributed by atoms with Crippen LogP contribution in [0.1, 0.15) is 21.5 Å². The van der Waals surface area contributed by atoms with Gasteiger partial charge in [-0.3, -0.25) is 4.79 Å². The van der Waals surface area contributed by atoms with Crippen LogP contribution in [0.4, 0.5) is 4.79 Å². The summed E-state index contributed by atoms with van der Waals surface area (Å²) in [6.45, 7) is 4.11.